The van der Waals surface area contributed by atoms with E-state index < -0.39 is 0 Å². The van der Waals surface area contributed by atoms with Crippen LogP contribution in [0.1, 0.15) is 37.3 Å². The molecule has 0 aliphatic carbocycles. The van der Waals surface area contributed by atoms with Gasteiger partial charge in [-0.05, 0) is 48.9 Å². The quantitative estimate of drug-likeness (QED) is 0.903. The highest BCUT2D eigenvalue weighted by atomic mass is 15.2. The molecule has 1 aromatic rings. The van der Waals surface area contributed by atoms with Crippen molar-refractivity contribution in [1.29, 1.82) is 5.26 Å². The van der Waals surface area contributed by atoms with E-state index in [1.54, 1.807) is 0 Å². The summed E-state index contributed by atoms with van der Waals surface area (Å²) in [6.45, 7) is 6.86. The van der Waals surface area contributed by atoms with Gasteiger partial charge in [-0.15, -0.1) is 0 Å². The smallest absolute Gasteiger partial charge is 0.0991 e. The molecule has 21 heavy (non-hydrogen) atoms. The molecular weight excluding hydrogens is 258 g/mol. The minimum atomic E-state index is 0.714. The lowest BCUT2D eigenvalue weighted by atomic mass is 9.74. The maximum atomic E-state index is 8.93. The van der Waals surface area contributed by atoms with Crippen molar-refractivity contribution in [3.63, 3.8) is 0 Å². The molecule has 3 heteroatoms. The lowest BCUT2D eigenvalue weighted by Crippen LogP contribution is -2.56. The molecule has 3 fully saturated rings. The summed E-state index contributed by atoms with van der Waals surface area (Å²) in [5.41, 5.74) is 1.96. The van der Waals surface area contributed by atoms with E-state index in [4.69, 9.17) is 5.26 Å². The molecule has 3 aliphatic heterocycles. The molecule has 0 amide bonds. The van der Waals surface area contributed by atoms with Crippen molar-refractivity contribution >= 4 is 0 Å². The molecular formula is C18H25N3. The highest BCUT2D eigenvalue weighted by molar-refractivity contribution is 5.32. The molecule has 4 atom stereocenters. The first-order valence-electron chi connectivity index (χ1n) is 8.24. The molecule has 1 unspecified atom stereocenters. The van der Waals surface area contributed by atoms with Crippen molar-refractivity contribution in [2.75, 3.05) is 19.6 Å². The number of piperidine rings is 3. The largest absolute Gasteiger partial charge is 0.311 e. The van der Waals surface area contributed by atoms with E-state index in [1.165, 1.54) is 37.9 Å². The van der Waals surface area contributed by atoms with E-state index in [9.17, 15) is 0 Å². The molecule has 0 saturated carbocycles. The van der Waals surface area contributed by atoms with Crippen LogP contribution in [0.3, 0.4) is 0 Å². The summed E-state index contributed by atoms with van der Waals surface area (Å²) >= 11 is 0. The van der Waals surface area contributed by atoms with Gasteiger partial charge in [0, 0.05) is 25.7 Å². The van der Waals surface area contributed by atoms with Crippen LogP contribution in [-0.4, -0.2) is 30.6 Å². The van der Waals surface area contributed by atoms with Crippen molar-refractivity contribution in [2.45, 2.75) is 38.8 Å². The van der Waals surface area contributed by atoms with E-state index >= 15 is 0 Å². The number of rotatable bonds is 5. The monoisotopic (exact) mass is 283 g/mol. The standard InChI is InChI=1S/C18H25N3/c1-2-16-13-21-7-6-17(16)9-18(21)12-20-11-15-5-3-4-14(8-15)10-19/h3-5,8,16-18,20H,2,6-7,9,11-13H2,1H3/t16-,17-,18+/m0/s1. The normalized spacial score (nSPS) is 31.0. The molecule has 4 rings (SSSR count). The van der Waals surface area contributed by atoms with Crippen LogP contribution in [0.5, 0.6) is 0 Å². The van der Waals surface area contributed by atoms with E-state index in [-0.39, 0.29) is 0 Å². The maximum Gasteiger partial charge on any atom is 0.0991 e. The van der Waals surface area contributed by atoms with Gasteiger partial charge in [-0.2, -0.15) is 5.26 Å². The number of nitrogens with zero attached hydrogens (tertiary/aromatic N) is 2. The van der Waals surface area contributed by atoms with Gasteiger partial charge in [0.05, 0.1) is 11.6 Å². The predicted octanol–water partition coefficient (Wildman–Crippen LogP) is 2.77. The summed E-state index contributed by atoms with van der Waals surface area (Å²) in [6.07, 6.45) is 4.10. The molecule has 3 aliphatic rings. The molecule has 3 saturated heterocycles. The lowest BCUT2D eigenvalue weighted by molar-refractivity contribution is 0.000333. The second kappa shape index (κ2) is 6.60. The molecule has 2 bridgehead atoms. The summed E-state index contributed by atoms with van der Waals surface area (Å²) in [5.74, 6) is 1.89. The van der Waals surface area contributed by atoms with Crippen LogP contribution in [0.4, 0.5) is 0 Å². The number of hydrogen-bond donors (Lipinski definition) is 1. The van der Waals surface area contributed by atoms with Gasteiger partial charge in [0.25, 0.3) is 0 Å². The molecule has 0 radical (unpaired) electrons. The fourth-order valence-electron chi connectivity index (χ4n) is 4.06. The summed E-state index contributed by atoms with van der Waals surface area (Å²) in [4.78, 5) is 2.69. The molecule has 1 N–H and O–H groups in total. The summed E-state index contributed by atoms with van der Waals surface area (Å²) in [5, 5.41) is 12.5. The topological polar surface area (TPSA) is 39.1 Å². The second-order valence-corrected chi connectivity index (χ2v) is 6.54. The zero-order chi connectivity index (χ0) is 14.7. The highest BCUT2D eigenvalue weighted by Gasteiger charge is 2.38. The van der Waals surface area contributed by atoms with Gasteiger partial charge >= 0.3 is 0 Å². The molecule has 3 heterocycles. The Morgan fingerprint density at radius 3 is 3.05 bits per heavy atom. The average Bonchev–Trinajstić information content (AvgIpc) is 2.55. The minimum absolute atomic E-state index is 0.714. The van der Waals surface area contributed by atoms with Crippen LogP contribution in [-0.2, 0) is 6.54 Å². The zero-order valence-corrected chi connectivity index (χ0v) is 12.9. The van der Waals surface area contributed by atoms with Crippen molar-refractivity contribution in [3.8, 4) is 6.07 Å². The third-order valence-corrected chi connectivity index (χ3v) is 5.30. The van der Waals surface area contributed by atoms with Crippen molar-refractivity contribution in [2.24, 2.45) is 11.8 Å². The summed E-state index contributed by atoms with van der Waals surface area (Å²) in [7, 11) is 0. The van der Waals surface area contributed by atoms with Crippen LogP contribution in [0.15, 0.2) is 24.3 Å². The van der Waals surface area contributed by atoms with Gasteiger partial charge in [-0.1, -0.05) is 25.5 Å². The molecule has 1 aromatic carbocycles. The Morgan fingerprint density at radius 2 is 2.33 bits per heavy atom. The summed E-state index contributed by atoms with van der Waals surface area (Å²) < 4.78 is 0. The van der Waals surface area contributed by atoms with Crippen LogP contribution in [0.25, 0.3) is 0 Å². The number of nitrogens with one attached hydrogen (secondary N) is 1. The van der Waals surface area contributed by atoms with E-state index in [0.717, 1.165) is 30.5 Å². The lowest BCUT2D eigenvalue weighted by Gasteiger charge is -2.50. The van der Waals surface area contributed by atoms with E-state index in [1.807, 2.05) is 18.2 Å². The predicted molar refractivity (Wildman–Crippen MR) is 84.7 cm³/mol. The van der Waals surface area contributed by atoms with Crippen molar-refractivity contribution < 1.29 is 0 Å². The van der Waals surface area contributed by atoms with Crippen LogP contribution >= 0.6 is 0 Å². The first-order chi connectivity index (χ1) is 10.3. The first kappa shape index (κ1) is 14.6. The van der Waals surface area contributed by atoms with Gasteiger partial charge in [-0.25, -0.2) is 0 Å². The third kappa shape index (κ3) is 3.28. The van der Waals surface area contributed by atoms with Gasteiger partial charge in [0.2, 0.25) is 0 Å². The molecule has 0 spiro atoms. The Labute approximate surface area is 128 Å². The number of hydrogen-bond acceptors (Lipinski definition) is 3. The van der Waals surface area contributed by atoms with Crippen LogP contribution < -0.4 is 5.32 Å². The fraction of sp³-hybridized carbons (Fsp3) is 0.611. The molecule has 112 valence electrons. The fourth-order valence-corrected chi connectivity index (χ4v) is 4.06. The first-order valence-corrected chi connectivity index (χ1v) is 8.24. The van der Waals surface area contributed by atoms with Gasteiger partial charge < -0.3 is 5.32 Å². The van der Waals surface area contributed by atoms with E-state index in [0.29, 0.717) is 6.04 Å². The third-order valence-electron chi connectivity index (χ3n) is 5.30. The Morgan fingerprint density at radius 1 is 1.43 bits per heavy atom. The van der Waals surface area contributed by atoms with Gasteiger partial charge in [-0.3, -0.25) is 4.90 Å². The number of benzene rings is 1. The highest BCUT2D eigenvalue weighted by Crippen LogP contribution is 2.37. The Balaban J connectivity index is 1.49. The van der Waals surface area contributed by atoms with Gasteiger partial charge in [0.15, 0.2) is 0 Å². The number of fused-ring (bicyclic) bond motifs is 3. The van der Waals surface area contributed by atoms with E-state index in [2.05, 4.69) is 29.3 Å². The van der Waals surface area contributed by atoms with Crippen LogP contribution in [0.2, 0.25) is 0 Å². The van der Waals surface area contributed by atoms with Crippen molar-refractivity contribution in [3.05, 3.63) is 35.4 Å². The number of nitriles is 1. The average molecular weight is 283 g/mol. The second-order valence-electron chi connectivity index (χ2n) is 6.54. The minimum Gasteiger partial charge on any atom is -0.311 e. The Kier molecular flexibility index (Phi) is 4.57. The SMILES string of the molecule is CC[C@H]1CN2CC[C@H]1C[C@@H]2CNCc1cccc(C#N)c1. The molecule has 3 nitrogen and oxygen atoms in total. The maximum absolute atomic E-state index is 8.93. The van der Waals surface area contributed by atoms with Crippen LogP contribution in [0, 0.1) is 23.2 Å². The Hall–Kier alpha value is -1.37. The Bertz CT molecular complexity index is 519. The van der Waals surface area contributed by atoms with Crippen molar-refractivity contribution in [1.82, 2.24) is 10.2 Å². The zero-order valence-electron chi connectivity index (χ0n) is 12.9. The summed E-state index contributed by atoms with van der Waals surface area (Å²) in [6, 6.07) is 10.8. The van der Waals surface area contributed by atoms with Gasteiger partial charge in [0.1, 0.15) is 0 Å². The molecule has 0 aromatic heterocycles.